The molecule has 2 rings (SSSR count). The molecule has 0 aliphatic rings. The number of nitrogens with one attached hydrogen (secondary N) is 2. The van der Waals surface area contributed by atoms with E-state index in [1.807, 2.05) is 0 Å². The molecule has 2 aromatic rings. The number of H-pyrrole nitrogens is 1. The Hall–Kier alpha value is -2.15. The lowest BCUT2D eigenvalue weighted by Gasteiger charge is -2.07. The van der Waals surface area contributed by atoms with Crippen LogP contribution in [0.25, 0.3) is 0 Å². The summed E-state index contributed by atoms with van der Waals surface area (Å²) in [6.07, 6.45) is 1.24. The summed E-state index contributed by atoms with van der Waals surface area (Å²) in [6, 6.07) is 6.96. The molecule has 1 aromatic carbocycles. The van der Waals surface area contributed by atoms with Crippen molar-refractivity contribution in [2.75, 3.05) is 4.72 Å². The molecule has 1 heterocycles. The predicted octanol–water partition coefficient (Wildman–Crippen LogP) is 1.31. The number of pyridine rings is 1. The second kappa shape index (κ2) is 4.61. The van der Waals surface area contributed by atoms with Crippen LogP contribution in [0.4, 0.5) is 10.1 Å². The van der Waals surface area contributed by atoms with Crippen LogP contribution in [0.15, 0.2) is 52.3 Å². The summed E-state index contributed by atoms with van der Waals surface area (Å²) in [5.41, 5.74) is -0.112. The van der Waals surface area contributed by atoms with Crippen LogP contribution >= 0.6 is 0 Å². The Kier molecular flexibility index (Phi) is 3.15. The smallest absolute Gasteiger partial charge is 0.261 e. The van der Waals surface area contributed by atoms with E-state index in [2.05, 4.69) is 9.71 Å². The van der Waals surface area contributed by atoms with E-state index < -0.39 is 15.8 Å². The number of anilines is 1. The molecule has 0 spiro atoms. The maximum Gasteiger partial charge on any atom is 0.261 e. The number of halogens is 1. The Morgan fingerprint density at radius 1 is 1.06 bits per heavy atom. The third-order valence-electron chi connectivity index (χ3n) is 2.16. The van der Waals surface area contributed by atoms with Gasteiger partial charge in [-0.3, -0.25) is 9.52 Å². The molecule has 1 aromatic heterocycles. The molecule has 0 saturated heterocycles. The number of sulfonamides is 1. The van der Waals surface area contributed by atoms with Crippen molar-refractivity contribution >= 4 is 15.7 Å². The van der Waals surface area contributed by atoms with Crippen molar-refractivity contribution in [2.24, 2.45) is 0 Å². The minimum atomic E-state index is -3.78. The van der Waals surface area contributed by atoms with E-state index in [0.717, 1.165) is 24.3 Å². The summed E-state index contributed by atoms with van der Waals surface area (Å²) in [7, 11) is -3.78. The number of benzene rings is 1. The van der Waals surface area contributed by atoms with Gasteiger partial charge in [-0.1, -0.05) is 0 Å². The van der Waals surface area contributed by atoms with Gasteiger partial charge in [0.05, 0.1) is 10.6 Å². The standard InChI is InChI=1S/C11H9FN2O3S/c12-8-1-4-10(5-2-8)18(16,17)14-9-3-6-11(15)13-7-9/h1-7,14H,(H,13,15). The van der Waals surface area contributed by atoms with E-state index in [0.29, 0.717) is 0 Å². The van der Waals surface area contributed by atoms with Gasteiger partial charge in [0.2, 0.25) is 5.56 Å². The number of aromatic nitrogens is 1. The Labute approximate surface area is 102 Å². The molecule has 0 radical (unpaired) electrons. The first-order valence-electron chi connectivity index (χ1n) is 4.94. The van der Waals surface area contributed by atoms with Gasteiger partial charge in [0.25, 0.3) is 10.0 Å². The van der Waals surface area contributed by atoms with E-state index in [1.165, 1.54) is 18.3 Å². The molecular formula is C11H9FN2O3S. The Morgan fingerprint density at radius 3 is 2.28 bits per heavy atom. The molecule has 0 fully saturated rings. The van der Waals surface area contributed by atoms with E-state index in [1.54, 1.807) is 0 Å². The fourth-order valence-electron chi connectivity index (χ4n) is 1.30. The number of rotatable bonds is 3. The first-order valence-corrected chi connectivity index (χ1v) is 6.43. The highest BCUT2D eigenvalue weighted by Crippen LogP contribution is 2.14. The number of hydrogen-bond acceptors (Lipinski definition) is 3. The zero-order chi connectivity index (χ0) is 13.2. The lowest BCUT2D eigenvalue weighted by molar-refractivity contribution is 0.599. The molecule has 18 heavy (non-hydrogen) atoms. The van der Waals surface area contributed by atoms with Gasteiger partial charge in [-0.2, -0.15) is 0 Å². The van der Waals surface area contributed by atoms with Crippen LogP contribution in [-0.2, 0) is 10.0 Å². The van der Waals surface area contributed by atoms with Gasteiger partial charge in [-0.05, 0) is 30.3 Å². The van der Waals surface area contributed by atoms with Crippen molar-refractivity contribution < 1.29 is 12.8 Å². The van der Waals surface area contributed by atoms with Crippen LogP contribution < -0.4 is 10.3 Å². The van der Waals surface area contributed by atoms with Gasteiger partial charge in [-0.15, -0.1) is 0 Å². The van der Waals surface area contributed by atoms with Crippen LogP contribution in [-0.4, -0.2) is 13.4 Å². The minimum Gasteiger partial charge on any atom is -0.327 e. The van der Waals surface area contributed by atoms with Gasteiger partial charge in [0.1, 0.15) is 5.82 Å². The minimum absolute atomic E-state index is 0.0601. The largest absolute Gasteiger partial charge is 0.327 e. The lowest BCUT2D eigenvalue weighted by atomic mass is 10.4. The van der Waals surface area contributed by atoms with Crippen molar-refractivity contribution in [3.8, 4) is 0 Å². The molecule has 0 unspecified atom stereocenters. The molecule has 2 N–H and O–H groups in total. The molecular weight excluding hydrogens is 259 g/mol. The molecule has 0 amide bonds. The molecule has 0 atom stereocenters. The van der Waals surface area contributed by atoms with Crippen molar-refractivity contribution in [1.82, 2.24) is 4.98 Å². The summed E-state index contributed by atoms with van der Waals surface area (Å²) in [4.78, 5) is 13.1. The predicted molar refractivity (Wildman–Crippen MR) is 64.3 cm³/mol. The molecule has 0 aliphatic carbocycles. The van der Waals surface area contributed by atoms with E-state index in [9.17, 15) is 17.6 Å². The van der Waals surface area contributed by atoms with Gasteiger partial charge < -0.3 is 4.98 Å². The third kappa shape index (κ3) is 2.75. The monoisotopic (exact) mass is 268 g/mol. The maximum atomic E-state index is 12.7. The van der Waals surface area contributed by atoms with E-state index >= 15 is 0 Å². The van der Waals surface area contributed by atoms with Crippen LogP contribution in [0.2, 0.25) is 0 Å². The zero-order valence-corrected chi connectivity index (χ0v) is 9.87. The van der Waals surface area contributed by atoms with Gasteiger partial charge in [-0.25, -0.2) is 12.8 Å². The van der Waals surface area contributed by atoms with Crippen molar-refractivity contribution in [3.05, 3.63) is 58.8 Å². The topological polar surface area (TPSA) is 79.0 Å². The van der Waals surface area contributed by atoms with Crippen LogP contribution in [0.5, 0.6) is 0 Å². The summed E-state index contributed by atoms with van der Waals surface area (Å²) in [6.45, 7) is 0. The van der Waals surface area contributed by atoms with Gasteiger partial charge in [0, 0.05) is 12.3 Å². The average Bonchev–Trinajstić information content (AvgIpc) is 2.32. The SMILES string of the molecule is O=c1ccc(NS(=O)(=O)c2ccc(F)cc2)c[nH]1. The van der Waals surface area contributed by atoms with Crippen LogP contribution in [0.1, 0.15) is 0 Å². The van der Waals surface area contributed by atoms with Crippen molar-refractivity contribution in [2.45, 2.75) is 4.90 Å². The van der Waals surface area contributed by atoms with Crippen LogP contribution in [0, 0.1) is 5.82 Å². The average molecular weight is 268 g/mol. The Morgan fingerprint density at radius 2 is 1.72 bits per heavy atom. The molecule has 0 aliphatic heterocycles. The maximum absolute atomic E-state index is 12.7. The molecule has 7 heteroatoms. The quantitative estimate of drug-likeness (QED) is 0.881. The molecule has 0 bridgehead atoms. The van der Waals surface area contributed by atoms with Gasteiger partial charge >= 0.3 is 0 Å². The molecule has 0 saturated carbocycles. The highest BCUT2D eigenvalue weighted by molar-refractivity contribution is 7.92. The highest BCUT2D eigenvalue weighted by Gasteiger charge is 2.13. The Bertz CT molecular complexity index is 687. The fourth-order valence-corrected chi connectivity index (χ4v) is 2.35. The zero-order valence-electron chi connectivity index (χ0n) is 9.05. The Balaban J connectivity index is 2.29. The highest BCUT2D eigenvalue weighted by atomic mass is 32.2. The molecule has 94 valence electrons. The first kappa shape index (κ1) is 12.3. The summed E-state index contributed by atoms with van der Waals surface area (Å²) >= 11 is 0. The van der Waals surface area contributed by atoms with E-state index in [-0.39, 0.29) is 16.1 Å². The van der Waals surface area contributed by atoms with Crippen molar-refractivity contribution in [3.63, 3.8) is 0 Å². The van der Waals surface area contributed by atoms with Crippen LogP contribution in [0.3, 0.4) is 0 Å². The normalized spacial score (nSPS) is 11.2. The second-order valence-corrected chi connectivity index (χ2v) is 5.18. The number of hydrogen-bond donors (Lipinski definition) is 2. The summed E-state index contributed by atoms with van der Waals surface area (Å²) in [5.74, 6) is -0.516. The fraction of sp³-hybridized carbons (Fsp3) is 0. The third-order valence-corrected chi connectivity index (χ3v) is 3.56. The number of aromatic amines is 1. The van der Waals surface area contributed by atoms with Gasteiger partial charge in [0.15, 0.2) is 0 Å². The van der Waals surface area contributed by atoms with E-state index in [4.69, 9.17) is 0 Å². The summed E-state index contributed by atoms with van der Waals surface area (Å²) < 4.78 is 38.7. The first-order chi connectivity index (χ1) is 8.47. The summed E-state index contributed by atoms with van der Waals surface area (Å²) in [5, 5.41) is 0. The second-order valence-electron chi connectivity index (χ2n) is 3.50. The molecule has 5 nitrogen and oxygen atoms in total. The lowest BCUT2D eigenvalue weighted by Crippen LogP contribution is -2.14. The van der Waals surface area contributed by atoms with Crippen molar-refractivity contribution in [1.29, 1.82) is 0 Å².